The van der Waals surface area contributed by atoms with Crippen molar-refractivity contribution in [2.45, 2.75) is 25.8 Å². The number of para-hydroxylation sites is 1. The van der Waals surface area contributed by atoms with Gasteiger partial charge in [0, 0.05) is 31.9 Å². The number of methoxy groups -OCH3 is 1. The maximum atomic E-state index is 12.9. The Balaban J connectivity index is 1.37. The number of aromatic nitrogens is 3. The first-order chi connectivity index (χ1) is 14.7. The molecule has 0 aliphatic carbocycles. The molecule has 7 heteroatoms. The quantitative estimate of drug-likeness (QED) is 0.490. The number of ether oxygens (including phenoxy) is 1. The second-order valence-corrected chi connectivity index (χ2v) is 7.08. The van der Waals surface area contributed by atoms with Gasteiger partial charge in [-0.05, 0) is 48.7 Å². The summed E-state index contributed by atoms with van der Waals surface area (Å²) in [6.07, 6.45) is 5.15. The summed E-state index contributed by atoms with van der Waals surface area (Å²) in [7, 11) is 1.64. The van der Waals surface area contributed by atoms with Gasteiger partial charge in [-0.2, -0.15) is 0 Å². The van der Waals surface area contributed by atoms with Crippen molar-refractivity contribution in [2.75, 3.05) is 13.7 Å². The number of hydrogen-bond acceptors (Lipinski definition) is 4. The lowest BCUT2D eigenvalue weighted by Crippen LogP contribution is -2.27. The van der Waals surface area contributed by atoms with Crippen LogP contribution in [0.1, 0.15) is 18.4 Å². The molecular weight excluding hydrogens is 380 g/mol. The normalized spacial score (nSPS) is 11.1. The minimum absolute atomic E-state index is 0.0287. The van der Waals surface area contributed by atoms with E-state index in [0.717, 1.165) is 16.8 Å². The topological polar surface area (TPSA) is 77.6 Å². The van der Waals surface area contributed by atoms with Crippen molar-refractivity contribution in [3.63, 3.8) is 0 Å². The van der Waals surface area contributed by atoms with Gasteiger partial charge in [0.15, 0.2) is 5.65 Å². The predicted molar refractivity (Wildman–Crippen MR) is 116 cm³/mol. The van der Waals surface area contributed by atoms with Gasteiger partial charge in [-0.15, -0.1) is 0 Å². The first-order valence-electron chi connectivity index (χ1n) is 10.0. The van der Waals surface area contributed by atoms with Gasteiger partial charge in [0.05, 0.1) is 12.6 Å². The molecule has 30 heavy (non-hydrogen) atoms. The number of aryl methyl sites for hydroxylation is 1. The van der Waals surface area contributed by atoms with Crippen molar-refractivity contribution < 1.29 is 9.53 Å². The third-order valence-electron chi connectivity index (χ3n) is 5.19. The van der Waals surface area contributed by atoms with Crippen LogP contribution in [-0.4, -0.2) is 33.5 Å². The lowest BCUT2D eigenvalue weighted by Gasteiger charge is -2.12. The Labute approximate surface area is 173 Å². The van der Waals surface area contributed by atoms with Crippen LogP contribution in [0.15, 0.2) is 65.7 Å². The van der Waals surface area contributed by atoms with Crippen LogP contribution < -0.4 is 15.6 Å². The number of carbonyl (C=O) groups is 1. The fraction of sp³-hybridized carbons (Fsp3) is 0.261. The molecule has 0 saturated heterocycles. The predicted octanol–water partition coefficient (Wildman–Crippen LogP) is 2.80. The number of pyridine rings is 1. The van der Waals surface area contributed by atoms with E-state index >= 15 is 0 Å². The summed E-state index contributed by atoms with van der Waals surface area (Å²) in [4.78, 5) is 29.5. The van der Waals surface area contributed by atoms with Crippen LogP contribution in [0.25, 0.3) is 16.7 Å². The molecule has 3 aromatic heterocycles. The molecule has 0 bridgehead atoms. The van der Waals surface area contributed by atoms with Gasteiger partial charge >= 0.3 is 0 Å². The fourth-order valence-corrected chi connectivity index (χ4v) is 3.72. The van der Waals surface area contributed by atoms with E-state index in [1.165, 1.54) is 0 Å². The Morgan fingerprint density at radius 3 is 2.80 bits per heavy atom. The summed E-state index contributed by atoms with van der Waals surface area (Å²) < 4.78 is 8.85. The molecule has 1 aromatic carbocycles. The number of fused-ring (bicyclic) bond motifs is 3. The summed E-state index contributed by atoms with van der Waals surface area (Å²) in [5.41, 5.74) is 3.07. The fourth-order valence-electron chi connectivity index (χ4n) is 3.72. The molecule has 4 rings (SSSR count). The first kappa shape index (κ1) is 19.7. The highest BCUT2D eigenvalue weighted by Gasteiger charge is 2.11. The van der Waals surface area contributed by atoms with Gasteiger partial charge in [0.2, 0.25) is 5.91 Å². The molecule has 0 aliphatic heterocycles. The van der Waals surface area contributed by atoms with E-state index in [4.69, 9.17) is 4.74 Å². The molecule has 1 amide bonds. The monoisotopic (exact) mass is 404 g/mol. The van der Waals surface area contributed by atoms with Gasteiger partial charge in [-0.25, -0.2) is 4.98 Å². The van der Waals surface area contributed by atoms with E-state index in [1.807, 2.05) is 53.1 Å². The van der Waals surface area contributed by atoms with Crippen LogP contribution in [0.2, 0.25) is 0 Å². The largest absolute Gasteiger partial charge is 0.496 e. The Kier molecular flexibility index (Phi) is 5.79. The molecule has 154 valence electrons. The standard InChI is InChI=1S/C23H24N4O3/c1-30-20-10-3-2-7-17(20)12-14-24-21(28)11-6-16-27-22-18(8-4-13-25-22)26-15-5-9-19(26)23(27)29/h2-5,7-10,13,15H,6,11-12,14,16H2,1H3,(H,24,28). The molecule has 4 aromatic rings. The number of amides is 1. The summed E-state index contributed by atoms with van der Waals surface area (Å²) in [5, 5.41) is 2.94. The van der Waals surface area contributed by atoms with Crippen molar-refractivity contribution in [1.82, 2.24) is 19.3 Å². The Bertz CT molecular complexity index is 1240. The molecule has 0 radical (unpaired) electrons. The second kappa shape index (κ2) is 8.82. The van der Waals surface area contributed by atoms with E-state index < -0.39 is 0 Å². The van der Waals surface area contributed by atoms with E-state index in [0.29, 0.717) is 43.5 Å². The molecule has 0 spiro atoms. The van der Waals surface area contributed by atoms with Crippen molar-refractivity contribution in [2.24, 2.45) is 0 Å². The van der Waals surface area contributed by atoms with Gasteiger partial charge in [-0.3, -0.25) is 14.2 Å². The van der Waals surface area contributed by atoms with E-state index in [-0.39, 0.29) is 11.5 Å². The summed E-state index contributed by atoms with van der Waals surface area (Å²) in [5.74, 6) is 0.797. The Morgan fingerprint density at radius 1 is 1.10 bits per heavy atom. The lowest BCUT2D eigenvalue weighted by molar-refractivity contribution is -0.121. The van der Waals surface area contributed by atoms with Crippen LogP contribution >= 0.6 is 0 Å². The molecule has 1 N–H and O–H groups in total. The molecule has 0 atom stereocenters. The average Bonchev–Trinajstić information content (AvgIpc) is 3.27. The highest BCUT2D eigenvalue weighted by atomic mass is 16.5. The molecule has 0 aliphatic rings. The van der Waals surface area contributed by atoms with Crippen LogP contribution in [-0.2, 0) is 17.8 Å². The molecule has 0 saturated carbocycles. The van der Waals surface area contributed by atoms with E-state index in [1.54, 1.807) is 23.9 Å². The first-order valence-corrected chi connectivity index (χ1v) is 10.0. The zero-order chi connectivity index (χ0) is 20.9. The van der Waals surface area contributed by atoms with Gasteiger partial charge in [-0.1, -0.05) is 18.2 Å². The Morgan fingerprint density at radius 2 is 1.93 bits per heavy atom. The maximum Gasteiger partial charge on any atom is 0.276 e. The maximum absolute atomic E-state index is 12.9. The van der Waals surface area contributed by atoms with Crippen LogP contribution in [0.4, 0.5) is 0 Å². The van der Waals surface area contributed by atoms with Crippen LogP contribution in [0.3, 0.4) is 0 Å². The number of benzene rings is 1. The number of nitrogens with one attached hydrogen (secondary N) is 1. The molecular formula is C23H24N4O3. The van der Waals surface area contributed by atoms with Crippen molar-refractivity contribution >= 4 is 22.6 Å². The van der Waals surface area contributed by atoms with E-state index in [2.05, 4.69) is 10.3 Å². The SMILES string of the molecule is COc1ccccc1CCNC(=O)CCCn1c(=O)c2cccn2c2cccnc21. The molecule has 3 heterocycles. The molecule has 0 unspecified atom stereocenters. The third-order valence-corrected chi connectivity index (χ3v) is 5.19. The van der Waals surface area contributed by atoms with Gasteiger partial charge < -0.3 is 14.5 Å². The highest BCUT2D eigenvalue weighted by Crippen LogP contribution is 2.17. The summed E-state index contributed by atoms with van der Waals surface area (Å²) in [6, 6.07) is 15.2. The van der Waals surface area contributed by atoms with E-state index in [9.17, 15) is 9.59 Å². The number of hydrogen-bond donors (Lipinski definition) is 1. The van der Waals surface area contributed by atoms with Gasteiger partial charge in [0.1, 0.15) is 11.3 Å². The smallest absolute Gasteiger partial charge is 0.276 e. The van der Waals surface area contributed by atoms with Crippen LogP contribution in [0.5, 0.6) is 5.75 Å². The summed E-state index contributed by atoms with van der Waals surface area (Å²) >= 11 is 0. The average molecular weight is 404 g/mol. The van der Waals surface area contributed by atoms with Crippen molar-refractivity contribution in [1.29, 1.82) is 0 Å². The van der Waals surface area contributed by atoms with Crippen molar-refractivity contribution in [3.8, 4) is 5.75 Å². The highest BCUT2D eigenvalue weighted by molar-refractivity contribution is 5.76. The second-order valence-electron chi connectivity index (χ2n) is 7.08. The number of nitrogens with zero attached hydrogens (tertiary/aromatic N) is 3. The number of rotatable bonds is 8. The lowest BCUT2D eigenvalue weighted by atomic mass is 10.1. The zero-order valence-electron chi connectivity index (χ0n) is 16.9. The minimum Gasteiger partial charge on any atom is -0.496 e. The third kappa shape index (κ3) is 3.91. The molecule has 7 nitrogen and oxygen atoms in total. The Hall–Kier alpha value is -3.61. The molecule has 0 fully saturated rings. The van der Waals surface area contributed by atoms with Gasteiger partial charge in [0.25, 0.3) is 5.56 Å². The number of carbonyl (C=O) groups excluding carboxylic acids is 1. The van der Waals surface area contributed by atoms with Crippen LogP contribution in [0, 0.1) is 0 Å². The minimum atomic E-state index is -0.0946. The van der Waals surface area contributed by atoms with Crippen molar-refractivity contribution in [3.05, 3.63) is 76.8 Å². The summed E-state index contributed by atoms with van der Waals surface area (Å²) in [6.45, 7) is 0.980. The zero-order valence-corrected chi connectivity index (χ0v) is 16.9.